The molecule has 0 radical (unpaired) electrons. The lowest BCUT2D eigenvalue weighted by Crippen LogP contribution is -2.54. The van der Waals surface area contributed by atoms with Crippen LogP contribution in [-0.2, 0) is 23.1 Å². The van der Waals surface area contributed by atoms with Gasteiger partial charge in [-0.25, -0.2) is 0 Å². The highest BCUT2D eigenvalue weighted by molar-refractivity contribution is 5.87. The van der Waals surface area contributed by atoms with E-state index in [1.807, 2.05) is 7.05 Å². The van der Waals surface area contributed by atoms with Crippen LogP contribution in [0.5, 0.6) is 0 Å². The van der Waals surface area contributed by atoms with Crippen LogP contribution in [0.4, 0.5) is 5.69 Å². The van der Waals surface area contributed by atoms with Gasteiger partial charge < -0.3 is 15.3 Å². The largest absolute Gasteiger partial charge is 0.394 e. The SMILES string of the molecule is CC(C)[C@H]1C(=O)N[C@H](CO)Cc2cc3c(cc2N1C)C(C)(C)CCC3. The van der Waals surface area contributed by atoms with Crippen LogP contribution in [-0.4, -0.2) is 36.8 Å². The number of nitrogens with zero attached hydrogens (tertiary/aromatic N) is 1. The van der Waals surface area contributed by atoms with Crippen LogP contribution in [0.3, 0.4) is 0 Å². The molecular formula is C21H32N2O2. The number of benzene rings is 1. The number of likely N-dealkylation sites (N-methyl/N-ethyl adjacent to an activating group) is 1. The van der Waals surface area contributed by atoms with E-state index in [1.54, 1.807) is 0 Å². The van der Waals surface area contributed by atoms with Gasteiger partial charge in [0.1, 0.15) is 6.04 Å². The summed E-state index contributed by atoms with van der Waals surface area (Å²) in [4.78, 5) is 14.9. The first-order chi connectivity index (χ1) is 11.7. The summed E-state index contributed by atoms with van der Waals surface area (Å²) in [7, 11) is 2.03. The molecule has 0 fully saturated rings. The molecule has 1 aromatic rings. The Labute approximate surface area is 151 Å². The predicted molar refractivity (Wildman–Crippen MR) is 102 cm³/mol. The minimum Gasteiger partial charge on any atom is -0.394 e. The highest BCUT2D eigenvalue weighted by atomic mass is 16.3. The normalized spacial score (nSPS) is 25.7. The van der Waals surface area contributed by atoms with Gasteiger partial charge in [0.2, 0.25) is 5.91 Å². The van der Waals surface area contributed by atoms with E-state index in [4.69, 9.17) is 0 Å². The summed E-state index contributed by atoms with van der Waals surface area (Å²) in [6, 6.07) is 4.22. The summed E-state index contributed by atoms with van der Waals surface area (Å²) in [5, 5.41) is 12.8. The van der Waals surface area contributed by atoms with Crippen LogP contribution in [0, 0.1) is 5.92 Å². The van der Waals surface area contributed by atoms with Crippen molar-refractivity contribution in [2.45, 2.75) is 70.9 Å². The van der Waals surface area contributed by atoms with Gasteiger partial charge in [0.05, 0.1) is 12.6 Å². The number of aliphatic hydroxyl groups excluding tert-OH is 1. The van der Waals surface area contributed by atoms with E-state index >= 15 is 0 Å². The standard InChI is InChI=1S/C21H32N2O2/c1-13(2)19-20(25)22-16(12-24)10-15-9-14-7-6-8-21(3,4)17(14)11-18(15)23(19)5/h9,11,13,16,19,24H,6-8,10,12H2,1-5H3,(H,22,25)/t16-,19-/m0/s1. The first-order valence-electron chi connectivity index (χ1n) is 9.55. The Bertz CT molecular complexity index is 666. The van der Waals surface area contributed by atoms with E-state index in [0.29, 0.717) is 6.42 Å². The lowest BCUT2D eigenvalue weighted by Gasteiger charge is -2.40. The Hall–Kier alpha value is -1.55. The lowest BCUT2D eigenvalue weighted by atomic mass is 9.72. The minimum atomic E-state index is -0.224. The molecule has 0 spiro atoms. The molecule has 138 valence electrons. The summed E-state index contributed by atoms with van der Waals surface area (Å²) in [5.41, 5.74) is 5.43. The Morgan fingerprint density at radius 1 is 1.32 bits per heavy atom. The number of hydrogen-bond donors (Lipinski definition) is 2. The molecule has 0 aromatic heterocycles. The van der Waals surface area contributed by atoms with Crippen molar-refractivity contribution in [3.8, 4) is 0 Å². The highest BCUT2D eigenvalue weighted by Crippen LogP contribution is 2.41. The van der Waals surface area contributed by atoms with Crippen molar-refractivity contribution in [3.63, 3.8) is 0 Å². The molecule has 1 heterocycles. The molecule has 1 amide bonds. The van der Waals surface area contributed by atoms with Gasteiger partial charge in [-0.15, -0.1) is 0 Å². The first-order valence-corrected chi connectivity index (χ1v) is 9.55. The Kier molecular flexibility index (Phi) is 4.84. The number of nitrogens with one attached hydrogen (secondary N) is 1. The van der Waals surface area contributed by atoms with E-state index in [9.17, 15) is 9.90 Å². The van der Waals surface area contributed by atoms with Crippen LogP contribution in [0.1, 0.15) is 57.2 Å². The number of aliphatic hydroxyl groups is 1. The number of aryl methyl sites for hydroxylation is 1. The lowest BCUT2D eigenvalue weighted by molar-refractivity contribution is -0.124. The number of amides is 1. The second-order valence-electron chi connectivity index (χ2n) is 8.77. The Morgan fingerprint density at radius 2 is 2.04 bits per heavy atom. The summed E-state index contributed by atoms with van der Waals surface area (Å²) in [5.74, 6) is 0.207. The molecule has 3 rings (SSSR count). The molecule has 1 aliphatic carbocycles. The fraction of sp³-hybridized carbons (Fsp3) is 0.667. The molecule has 1 aliphatic heterocycles. The second-order valence-corrected chi connectivity index (χ2v) is 8.77. The molecule has 4 nitrogen and oxygen atoms in total. The molecule has 0 bridgehead atoms. The predicted octanol–water partition coefficient (Wildman–Crippen LogP) is 2.79. The van der Waals surface area contributed by atoms with Crippen molar-refractivity contribution in [1.29, 1.82) is 0 Å². The third kappa shape index (κ3) is 3.29. The Morgan fingerprint density at radius 3 is 2.68 bits per heavy atom. The van der Waals surface area contributed by atoms with Gasteiger partial charge in [-0.05, 0) is 59.8 Å². The summed E-state index contributed by atoms with van der Waals surface area (Å²) >= 11 is 0. The number of carbonyl (C=O) groups is 1. The molecule has 4 heteroatoms. The number of hydrogen-bond acceptors (Lipinski definition) is 3. The number of anilines is 1. The first kappa shape index (κ1) is 18.2. The van der Waals surface area contributed by atoms with Gasteiger partial charge in [-0.1, -0.05) is 33.8 Å². The van der Waals surface area contributed by atoms with Crippen molar-refractivity contribution in [2.75, 3.05) is 18.6 Å². The van der Waals surface area contributed by atoms with Gasteiger partial charge in [0.15, 0.2) is 0 Å². The zero-order chi connectivity index (χ0) is 18.4. The van der Waals surface area contributed by atoms with Crippen LogP contribution < -0.4 is 10.2 Å². The molecule has 25 heavy (non-hydrogen) atoms. The maximum atomic E-state index is 12.8. The fourth-order valence-corrected chi connectivity index (χ4v) is 4.66. The van der Waals surface area contributed by atoms with Crippen LogP contribution in [0.2, 0.25) is 0 Å². The third-order valence-corrected chi connectivity index (χ3v) is 6.01. The van der Waals surface area contributed by atoms with E-state index in [2.05, 4.69) is 50.0 Å². The molecule has 2 atom stereocenters. The summed E-state index contributed by atoms with van der Waals surface area (Å²) < 4.78 is 0. The monoisotopic (exact) mass is 344 g/mol. The van der Waals surface area contributed by atoms with Crippen molar-refractivity contribution in [2.24, 2.45) is 5.92 Å². The van der Waals surface area contributed by atoms with Gasteiger partial charge in [-0.3, -0.25) is 4.79 Å². The van der Waals surface area contributed by atoms with E-state index in [0.717, 1.165) is 12.1 Å². The summed E-state index contributed by atoms with van der Waals surface area (Å²) in [6.45, 7) is 8.78. The van der Waals surface area contributed by atoms with Gasteiger partial charge >= 0.3 is 0 Å². The molecule has 2 aliphatic rings. The smallest absolute Gasteiger partial charge is 0.243 e. The minimum absolute atomic E-state index is 0.0131. The maximum absolute atomic E-state index is 12.8. The fourth-order valence-electron chi connectivity index (χ4n) is 4.66. The van der Waals surface area contributed by atoms with Crippen molar-refractivity contribution >= 4 is 11.6 Å². The summed E-state index contributed by atoms with van der Waals surface area (Å²) in [6.07, 6.45) is 4.24. The van der Waals surface area contributed by atoms with Gasteiger partial charge in [-0.2, -0.15) is 0 Å². The van der Waals surface area contributed by atoms with Crippen LogP contribution >= 0.6 is 0 Å². The second kappa shape index (κ2) is 6.64. The third-order valence-electron chi connectivity index (χ3n) is 6.01. The molecule has 1 aromatic carbocycles. The molecule has 2 N–H and O–H groups in total. The van der Waals surface area contributed by atoms with Crippen molar-refractivity contribution in [1.82, 2.24) is 5.32 Å². The zero-order valence-electron chi connectivity index (χ0n) is 16.2. The molecule has 0 unspecified atom stereocenters. The van der Waals surface area contributed by atoms with E-state index in [-0.39, 0.29) is 35.9 Å². The van der Waals surface area contributed by atoms with Crippen LogP contribution in [0.25, 0.3) is 0 Å². The maximum Gasteiger partial charge on any atom is 0.243 e. The van der Waals surface area contributed by atoms with Crippen molar-refractivity contribution in [3.05, 3.63) is 28.8 Å². The average Bonchev–Trinajstić information content (AvgIpc) is 2.51. The molecular weight excluding hydrogens is 312 g/mol. The molecule has 0 saturated carbocycles. The number of rotatable bonds is 2. The van der Waals surface area contributed by atoms with Gasteiger partial charge in [0.25, 0.3) is 0 Å². The van der Waals surface area contributed by atoms with Gasteiger partial charge in [0, 0.05) is 12.7 Å². The van der Waals surface area contributed by atoms with Crippen molar-refractivity contribution < 1.29 is 9.90 Å². The van der Waals surface area contributed by atoms with E-state index in [1.165, 1.54) is 29.5 Å². The topological polar surface area (TPSA) is 52.6 Å². The quantitative estimate of drug-likeness (QED) is 0.867. The average molecular weight is 344 g/mol. The zero-order valence-corrected chi connectivity index (χ0v) is 16.2. The molecule has 0 saturated heterocycles. The van der Waals surface area contributed by atoms with E-state index < -0.39 is 0 Å². The number of fused-ring (bicyclic) bond motifs is 2. The van der Waals surface area contributed by atoms with Crippen LogP contribution in [0.15, 0.2) is 12.1 Å². The Balaban J connectivity index is 2.15. The highest BCUT2D eigenvalue weighted by Gasteiger charge is 2.35. The number of carbonyl (C=O) groups excluding carboxylic acids is 1.